The molecule has 0 spiro atoms. The Labute approximate surface area is 182 Å². The van der Waals surface area contributed by atoms with Crippen LogP contribution >= 0.6 is 11.6 Å². The van der Waals surface area contributed by atoms with Crippen molar-refractivity contribution in [1.82, 2.24) is 9.88 Å². The van der Waals surface area contributed by atoms with Gasteiger partial charge in [0, 0.05) is 23.8 Å². The molecular formula is C21H29ClN2O6. The number of ether oxygens (including phenoxy) is 3. The highest BCUT2D eigenvalue weighted by Crippen LogP contribution is 2.22. The van der Waals surface area contributed by atoms with Gasteiger partial charge in [-0.3, -0.25) is 4.98 Å². The predicted molar refractivity (Wildman–Crippen MR) is 113 cm³/mol. The molecule has 0 aromatic carbocycles. The number of hydrogen-bond acceptors (Lipinski definition) is 7. The van der Waals surface area contributed by atoms with E-state index in [0.717, 1.165) is 4.90 Å². The van der Waals surface area contributed by atoms with E-state index in [0.29, 0.717) is 16.3 Å². The summed E-state index contributed by atoms with van der Waals surface area (Å²) in [6.07, 6.45) is 2.67. The fourth-order valence-corrected chi connectivity index (χ4v) is 2.45. The summed E-state index contributed by atoms with van der Waals surface area (Å²) in [5.41, 5.74) is -0.618. The van der Waals surface area contributed by atoms with Crippen molar-refractivity contribution in [2.75, 3.05) is 13.7 Å². The number of imide groups is 1. The minimum Gasteiger partial charge on any atom is -0.466 e. The normalized spacial score (nSPS) is 11.9. The van der Waals surface area contributed by atoms with Gasteiger partial charge in [-0.1, -0.05) is 11.6 Å². The number of nitrogens with zero attached hydrogens (tertiary/aromatic N) is 2. The minimum absolute atomic E-state index is 0.0612. The zero-order valence-electron chi connectivity index (χ0n) is 18.4. The van der Waals surface area contributed by atoms with Gasteiger partial charge in [-0.2, -0.15) is 0 Å². The van der Waals surface area contributed by atoms with Crippen molar-refractivity contribution in [3.63, 3.8) is 0 Å². The third kappa shape index (κ3) is 8.82. The first-order valence-electron chi connectivity index (χ1n) is 9.36. The molecule has 0 aliphatic heterocycles. The summed E-state index contributed by atoms with van der Waals surface area (Å²) in [5.74, 6) is -0.549. The molecule has 0 radical (unpaired) electrons. The van der Waals surface area contributed by atoms with Gasteiger partial charge in [0.1, 0.15) is 11.2 Å². The summed E-state index contributed by atoms with van der Waals surface area (Å²) in [6, 6.07) is 1.58. The number of carbonyl (C=O) groups is 3. The van der Waals surface area contributed by atoms with Gasteiger partial charge in [0.2, 0.25) is 0 Å². The van der Waals surface area contributed by atoms with Crippen LogP contribution in [-0.2, 0) is 25.4 Å². The van der Waals surface area contributed by atoms with E-state index < -0.39 is 29.4 Å². The molecule has 0 aliphatic carbocycles. The molecule has 1 rings (SSSR count). The van der Waals surface area contributed by atoms with Crippen LogP contribution in [0.2, 0.25) is 5.02 Å². The highest BCUT2D eigenvalue weighted by molar-refractivity contribution is 6.31. The highest BCUT2D eigenvalue weighted by atomic mass is 35.5. The second kappa shape index (κ2) is 10.4. The second-order valence-electron chi connectivity index (χ2n) is 8.38. The molecule has 1 aromatic heterocycles. The molecule has 1 heterocycles. The Bertz CT molecular complexity index is 781. The van der Waals surface area contributed by atoms with Gasteiger partial charge in [-0.05, 0) is 65.7 Å². The first kappa shape index (κ1) is 25.4. The van der Waals surface area contributed by atoms with E-state index in [9.17, 15) is 14.4 Å². The standard InChI is InChI=1S/C21H29ClN2O6/c1-20(2,3)29-18(26)24(19(27)30-21(4,5)6)13-11-14-15(22)10-12-23-16(14)8-9-17(25)28-7/h8-10,12H,11,13H2,1-7H3/b9-8+. The monoisotopic (exact) mass is 440 g/mol. The largest absolute Gasteiger partial charge is 0.466 e. The lowest BCUT2D eigenvalue weighted by atomic mass is 10.1. The van der Waals surface area contributed by atoms with Crippen molar-refractivity contribution in [2.24, 2.45) is 0 Å². The van der Waals surface area contributed by atoms with Crippen molar-refractivity contribution in [3.05, 3.63) is 34.6 Å². The maximum absolute atomic E-state index is 12.6. The smallest absolute Gasteiger partial charge is 0.419 e. The first-order chi connectivity index (χ1) is 13.7. The van der Waals surface area contributed by atoms with Gasteiger partial charge in [0.25, 0.3) is 0 Å². The molecule has 0 N–H and O–H groups in total. The molecule has 0 saturated carbocycles. The Kier molecular flexibility index (Phi) is 8.84. The van der Waals surface area contributed by atoms with Crippen LogP contribution in [0.25, 0.3) is 6.08 Å². The molecule has 9 heteroatoms. The maximum atomic E-state index is 12.6. The van der Waals surface area contributed by atoms with E-state index in [1.807, 2.05) is 0 Å². The van der Waals surface area contributed by atoms with E-state index in [-0.39, 0.29) is 13.0 Å². The Morgan fingerprint density at radius 3 is 2.07 bits per heavy atom. The number of rotatable bonds is 5. The highest BCUT2D eigenvalue weighted by Gasteiger charge is 2.31. The Morgan fingerprint density at radius 1 is 1.07 bits per heavy atom. The third-order valence-electron chi connectivity index (χ3n) is 3.42. The number of aromatic nitrogens is 1. The molecule has 0 fully saturated rings. The van der Waals surface area contributed by atoms with E-state index in [1.165, 1.54) is 25.5 Å². The van der Waals surface area contributed by atoms with Crippen LogP contribution in [-0.4, -0.2) is 52.9 Å². The van der Waals surface area contributed by atoms with E-state index in [4.69, 9.17) is 21.1 Å². The van der Waals surface area contributed by atoms with Crippen LogP contribution in [0.1, 0.15) is 52.8 Å². The number of esters is 1. The number of halogens is 1. The predicted octanol–water partition coefficient (Wildman–Crippen LogP) is 4.64. The summed E-state index contributed by atoms with van der Waals surface area (Å²) in [4.78, 5) is 41.7. The van der Waals surface area contributed by atoms with Gasteiger partial charge in [-0.15, -0.1) is 0 Å². The topological polar surface area (TPSA) is 95.0 Å². The van der Waals surface area contributed by atoms with E-state index in [1.54, 1.807) is 47.6 Å². The summed E-state index contributed by atoms with van der Waals surface area (Å²) in [7, 11) is 1.26. The van der Waals surface area contributed by atoms with Crippen LogP contribution in [0.3, 0.4) is 0 Å². The molecular weight excluding hydrogens is 412 g/mol. The van der Waals surface area contributed by atoms with Crippen LogP contribution in [0.5, 0.6) is 0 Å². The van der Waals surface area contributed by atoms with Gasteiger partial charge in [0.05, 0.1) is 12.8 Å². The minimum atomic E-state index is -0.830. The quantitative estimate of drug-likeness (QED) is 0.374. The van der Waals surface area contributed by atoms with Crippen molar-refractivity contribution in [2.45, 2.75) is 59.2 Å². The second-order valence-corrected chi connectivity index (χ2v) is 8.78. The zero-order chi connectivity index (χ0) is 23.1. The van der Waals surface area contributed by atoms with Crippen LogP contribution in [0.4, 0.5) is 9.59 Å². The lowest BCUT2D eigenvalue weighted by Crippen LogP contribution is -2.44. The molecule has 1 aromatic rings. The average Bonchev–Trinajstić information content (AvgIpc) is 2.58. The Balaban J connectivity index is 3.14. The van der Waals surface area contributed by atoms with E-state index in [2.05, 4.69) is 9.72 Å². The van der Waals surface area contributed by atoms with E-state index >= 15 is 0 Å². The number of hydrogen-bond donors (Lipinski definition) is 0. The fraction of sp³-hybridized carbons (Fsp3) is 0.524. The lowest BCUT2D eigenvalue weighted by Gasteiger charge is -2.28. The molecule has 0 aliphatic rings. The summed E-state index contributed by atoms with van der Waals surface area (Å²) in [5, 5.41) is 0.378. The average molecular weight is 441 g/mol. The van der Waals surface area contributed by atoms with Crippen LogP contribution < -0.4 is 0 Å². The van der Waals surface area contributed by atoms with Crippen molar-refractivity contribution in [3.8, 4) is 0 Å². The van der Waals surface area contributed by atoms with Crippen molar-refractivity contribution >= 4 is 35.8 Å². The van der Waals surface area contributed by atoms with Crippen molar-refractivity contribution in [1.29, 1.82) is 0 Å². The fourth-order valence-electron chi connectivity index (χ4n) is 2.20. The summed E-state index contributed by atoms with van der Waals surface area (Å²) < 4.78 is 15.3. The molecule has 0 saturated heterocycles. The molecule has 0 bridgehead atoms. The molecule has 30 heavy (non-hydrogen) atoms. The third-order valence-corrected chi connectivity index (χ3v) is 3.78. The van der Waals surface area contributed by atoms with Gasteiger partial charge in [-0.25, -0.2) is 19.3 Å². The number of methoxy groups -OCH3 is 1. The number of pyridine rings is 1. The molecule has 8 nitrogen and oxygen atoms in total. The SMILES string of the molecule is COC(=O)/C=C/c1nccc(Cl)c1CCN(C(=O)OC(C)(C)C)C(=O)OC(C)(C)C. The number of carbonyl (C=O) groups excluding carboxylic acids is 3. The van der Waals surface area contributed by atoms with Crippen LogP contribution in [0, 0.1) is 0 Å². The van der Waals surface area contributed by atoms with Crippen molar-refractivity contribution < 1.29 is 28.6 Å². The summed E-state index contributed by atoms with van der Waals surface area (Å²) >= 11 is 6.29. The molecule has 2 amide bonds. The maximum Gasteiger partial charge on any atom is 0.419 e. The molecule has 0 atom stereocenters. The van der Waals surface area contributed by atoms with Crippen LogP contribution in [0.15, 0.2) is 18.3 Å². The zero-order valence-corrected chi connectivity index (χ0v) is 19.2. The Morgan fingerprint density at radius 2 is 1.60 bits per heavy atom. The Hall–Kier alpha value is -2.61. The van der Waals surface area contributed by atoms with Gasteiger partial charge >= 0.3 is 18.2 Å². The lowest BCUT2D eigenvalue weighted by molar-refractivity contribution is -0.134. The molecule has 0 unspecified atom stereocenters. The molecule has 166 valence electrons. The van der Waals surface area contributed by atoms with Gasteiger partial charge in [0.15, 0.2) is 0 Å². The number of amides is 2. The summed E-state index contributed by atoms with van der Waals surface area (Å²) in [6.45, 7) is 10.1. The first-order valence-corrected chi connectivity index (χ1v) is 9.74. The van der Waals surface area contributed by atoms with Gasteiger partial charge < -0.3 is 14.2 Å².